The fourth-order valence-electron chi connectivity index (χ4n) is 2.12. The maximum absolute atomic E-state index is 13.1. The summed E-state index contributed by atoms with van der Waals surface area (Å²) in [7, 11) is 0. The van der Waals surface area contributed by atoms with Gasteiger partial charge in [-0.3, -0.25) is 0 Å². The predicted molar refractivity (Wildman–Crippen MR) is 85.1 cm³/mol. The highest BCUT2D eigenvalue weighted by Crippen LogP contribution is 2.29. The van der Waals surface area contributed by atoms with Gasteiger partial charge >= 0.3 is 0 Å². The number of aromatic nitrogens is 1. The molecular weight excluding hydrogens is 297 g/mol. The van der Waals surface area contributed by atoms with Crippen LogP contribution in [0.2, 0.25) is 0 Å². The van der Waals surface area contributed by atoms with Crippen LogP contribution in [0.5, 0.6) is 0 Å². The highest BCUT2D eigenvalue weighted by Gasteiger charge is 2.15. The summed E-state index contributed by atoms with van der Waals surface area (Å²) in [5, 5.41) is 14.2. The van der Waals surface area contributed by atoms with Crippen molar-refractivity contribution in [3.8, 4) is 6.07 Å². The third-order valence-electron chi connectivity index (χ3n) is 3.22. The number of pyridine rings is 1. The number of thiophene rings is 1. The second-order valence-corrected chi connectivity index (χ2v) is 5.67. The number of hydrogen-bond donors (Lipinski definition) is 1. The van der Waals surface area contributed by atoms with Crippen LogP contribution >= 0.6 is 11.3 Å². The van der Waals surface area contributed by atoms with E-state index in [2.05, 4.69) is 10.3 Å². The molecule has 0 unspecified atom stereocenters. The average Bonchev–Trinajstić information content (AvgIpc) is 3.08. The van der Waals surface area contributed by atoms with E-state index in [1.165, 1.54) is 18.3 Å². The van der Waals surface area contributed by atoms with Gasteiger partial charge in [0.2, 0.25) is 0 Å². The van der Waals surface area contributed by atoms with Gasteiger partial charge in [0.1, 0.15) is 17.7 Å². The molecule has 22 heavy (non-hydrogen) atoms. The first kappa shape index (κ1) is 14.2. The van der Waals surface area contributed by atoms with Crippen LogP contribution in [0.1, 0.15) is 22.0 Å². The second kappa shape index (κ2) is 6.37. The predicted octanol–water partition coefficient (Wildman–Crippen LogP) is 4.36. The second-order valence-electron chi connectivity index (χ2n) is 4.69. The van der Waals surface area contributed by atoms with Crippen molar-refractivity contribution in [3.05, 3.63) is 81.9 Å². The van der Waals surface area contributed by atoms with Crippen LogP contribution in [0, 0.1) is 17.1 Å². The molecule has 0 spiro atoms. The lowest BCUT2D eigenvalue weighted by atomic mass is 10.1. The van der Waals surface area contributed by atoms with E-state index in [-0.39, 0.29) is 11.9 Å². The molecule has 0 amide bonds. The van der Waals surface area contributed by atoms with Crippen molar-refractivity contribution in [2.75, 3.05) is 5.32 Å². The minimum Gasteiger partial charge on any atom is -0.358 e. The van der Waals surface area contributed by atoms with Gasteiger partial charge < -0.3 is 5.32 Å². The lowest BCUT2D eigenvalue weighted by molar-refractivity contribution is 0.626. The van der Waals surface area contributed by atoms with Gasteiger partial charge in [0.05, 0.1) is 11.6 Å². The van der Waals surface area contributed by atoms with Crippen LogP contribution in [-0.2, 0) is 0 Å². The molecule has 3 aromatic rings. The van der Waals surface area contributed by atoms with Crippen LogP contribution in [0.3, 0.4) is 0 Å². The molecule has 0 fully saturated rings. The molecule has 0 radical (unpaired) electrons. The summed E-state index contributed by atoms with van der Waals surface area (Å²) in [4.78, 5) is 5.35. The molecule has 0 aliphatic rings. The number of nitrogens with one attached hydrogen (secondary N) is 1. The largest absolute Gasteiger partial charge is 0.358 e. The van der Waals surface area contributed by atoms with E-state index in [4.69, 9.17) is 5.26 Å². The van der Waals surface area contributed by atoms with E-state index in [0.717, 1.165) is 10.4 Å². The molecule has 0 aliphatic carbocycles. The molecule has 1 aromatic carbocycles. The van der Waals surface area contributed by atoms with Crippen molar-refractivity contribution in [2.45, 2.75) is 6.04 Å². The van der Waals surface area contributed by atoms with Gasteiger partial charge in [-0.1, -0.05) is 18.2 Å². The van der Waals surface area contributed by atoms with E-state index in [9.17, 15) is 4.39 Å². The molecule has 1 N–H and O–H groups in total. The van der Waals surface area contributed by atoms with Gasteiger partial charge in [-0.15, -0.1) is 11.3 Å². The highest BCUT2D eigenvalue weighted by atomic mass is 32.1. The fraction of sp³-hybridized carbons (Fsp3) is 0.0588. The Bertz CT molecular complexity index is 774. The van der Waals surface area contributed by atoms with E-state index in [1.54, 1.807) is 35.6 Å². The molecule has 0 saturated heterocycles. The Kier molecular flexibility index (Phi) is 4.12. The van der Waals surface area contributed by atoms with Crippen molar-refractivity contribution in [1.29, 1.82) is 5.26 Å². The quantitative estimate of drug-likeness (QED) is 0.779. The van der Waals surface area contributed by atoms with Crippen LogP contribution in [-0.4, -0.2) is 4.98 Å². The van der Waals surface area contributed by atoms with Gasteiger partial charge in [0.25, 0.3) is 0 Å². The Hall–Kier alpha value is -2.71. The van der Waals surface area contributed by atoms with E-state index < -0.39 is 0 Å². The molecule has 1 atom stereocenters. The molecule has 108 valence electrons. The number of anilines is 1. The monoisotopic (exact) mass is 309 g/mol. The number of rotatable bonds is 4. The molecule has 0 saturated carbocycles. The van der Waals surface area contributed by atoms with Crippen LogP contribution in [0.15, 0.2) is 60.1 Å². The van der Waals surface area contributed by atoms with Gasteiger partial charge in [-0.05, 0) is 41.3 Å². The number of hydrogen-bond acceptors (Lipinski definition) is 4. The standard InChI is InChI=1S/C17H12FN3S/c18-14-6-4-13(5-7-14)17(15-2-1-9-22-15)21-16-8-3-12(10-19)11-20-16/h1-9,11,17H,(H,20,21)/t17-/m1/s1. The normalized spacial score (nSPS) is 11.6. The zero-order chi connectivity index (χ0) is 15.4. The first-order valence-electron chi connectivity index (χ1n) is 6.68. The number of halogens is 1. The SMILES string of the molecule is N#Cc1ccc(N[C@H](c2ccc(F)cc2)c2cccs2)nc1. The first-order chi connectivity index (χ1) is 10.8. The van der Waals surface area contributed by atoms with Gasteiger partial charge in [0.15, 0.2) is 0 Å². The number of nitriles is 1. The molecule has 2 heterocycles. The minimum absolute atomic E-state index is 0.110. The summed E-state index contributed by atoms with van der Waals surface area (Å²) < 4.78 is 13.1. The smallest absolute Gasteiger partial charge is 0.126 e. The maximum atomic E-state index is 13.1. The van der Waals surface area contributed by atoms with Gasteiger partial charge in [-0.25, -0.2) is 9.37 Å². The van der Waals surface area contributed by atoms with Crippen LogP contribution < -0.4 is 5.32 Å². The maximum Gasteiger partial charge on any atom is 0.126 e. The Labute approximate surface area is 131 Å². The van der Waals surface area contributed by atoms with Gasteiger partial charge in [-0.2, -0.15) is 5.26 Å². The van der Waals surface area contributed by atoms with Crippen LogP contribution in [0.4, 0.5) is 10.2 Å². The Morgan fingerprint density at radius 2 is 1.95 bits per heavy atom. The van der Waals surface area contributed by atoms with Crippen molar-refractivity contribution in [2.24, 2.45) is 0 Å². The van der Waals surface area contributed by atoms with Crippen molar-refractivity contribution < 1.29 is 4.39 Å². The number of benzene rings is 1. The summed E-state index contributed by atoms with van der Waals surface area (Å²) in [5.74, 6) is 0.409. The van der Waals surface area contributed by atoms with Crippen molar-refractivity contribution in [3.63, 3.8) is 0 Å². The topological polar surface area (TPSA) is 48.7 Å². The molecular formula is C17H12FN3S. The third kappa shape index (κ3) is 3.13. The molecule has 0 aliphatic heterocycles. The van der Waals surface area contributed by atoms with E-state index >= 15 is 0 Å². The minimum atomic E-state index is -0.259. The lowest BCUT2D eigenvalue weighted by Crippen LogP contribution is -2.12. The molecule has 3 nitrogen and oxygen atoms in total. The fourth-order valence-corrected chi connectivity index (χ4v) is 2.93. The zero-order valence-electron chi connectivity index (χ0n) is 11.5. The lowest BCUT2D eigenvalue weighted by Gasteiger charge is -2.18. The Morgan fingerprint density at radius 3 is 2.55 bits per heavy atom. The summed E-state index contributed by atoms with van der Waals surface area (Å²) in [6.45, 7) is 0. The molecule has 2 aromatic heterocycles. The van der Waals surface area contributed by atoms with Crippen molar-refractivity contribution >= 4 is 17.2 Å². The van der Waals surface area contributed by atoms with Crippen LogP contribution in [0.25, 0.3) is 0 Å². The van der Waals surface area contributed by atoms with E-state index in [0.29, 0.717) is 11.4 Å². The van der Waals surface area contributed by atoms with Crippen molar-refractivity contribution in [1.82, 2.24) is 4.98 Å². The summed E-state index contributed by atoms with van der Waals surface area (Å²) in [6.07, 6.45) is 1.53. The van der Waals surface area contributed by atoms with E-state index in [1.807, 2.05) is 23.6 Å². The molecule has 3 rings (SSSR count). The average molecular weight is 309 g/mol. The Morgan fingerprint density at radius 1 is 1.14 bits per heavy atom. The third-order valence-corrected chi connectivity index (χ3v) is 4.15. The Balaban J connectivity index is 1.92. The zero-order valence-corrected chi connectivity index (χ0v) is 12.3. The highest BCUT2D eigenvalue weighted by molar-refractivity contribution is 7.10. The summed E-state index contributed by atoms with van der Waals surface area (Å²) in [5.41, 5.74) is 1.47. The number of nitrogens with zero attached hydrogens (tertiary/aromatic N) is 2. The van der Waals surface area contributed by atoms with Gasteiger partial charge in [0, 0.05) is 11.1 Å². The molecule has 0 bridgehead atoms. The summed E-state index contributed by atoms with van der Waals surface area (Å²) >= 11 is 1.62. The first-order valence-corrected chi connectivity index (χ1v) is 7.56. The summed E-state index contributed by atoms with van der Waals surface area (Å²) in [6, 6.07) is 15.8. The molecule has 5 heteroatoms.